The van der Waals surface area contributed by atoms with Crippen molar-refractivity contribution in [3.8, 4) is 0 Å². The fourth-order valence-electron chi connectivity index (χ4n) is 2.55. The summed E-state index contributed by atoms with van der Waals surface area (Å²) in [5.41, 5.74) is -0.621. The van der Waals surface area contributed by atoms with Crippen molar-refractivity contribution >= 4 is 11.8 Å². The quantitative estimate of drug-likeness (QED) is 0.696. The van der Waals surface area contributed by atoms with Gasteiger partial charge in [-0.2, -0.15) is 0 Å². The van der Waals surface area contributed by atoms with Crippen LogP contribution in [0, 0.1) is 5.41 Å². The molecule has 0 spiro atoms. The number of hydrogen-bond donors (Lipinski definition) is 1. The van der Waals surface area contributed by atoms with Gasteiger partial charge >= 0.3 is 0 Å². The molecule has 1 N–H and O–H groups in total. The van der Waals surface area contributed by atoms with Crippen molar-refractivity contribution in [2.75, 3.05) is 40.3 Å². The molecule has 5 nitrogen and oxygen atoms in total. The maximum Gasteiger partial charge on any atom is 0.230 e. The molecule has 1 fully saturated rings. The minimum atomic E-state index is -0.621. The summed E-state index contributed by atoms with van der Waals surface area (Å²) >= 11 is 0. The minimum Gasteiger partial charge on any atom is -0.342 e. The Kier molecular flexibility index (Phi) is 5.95. The second-order valence-electron chi connectivity index (χ2n) is 5.42. The third kappa shape index (κ3) is 3.70. The fraction of sp³-hybridized carbons (Fsp3) is 0.600. The summed E-state index contributed by atoms with van der Waals surface area (Å²) in [6.07, 6.45) is 4.31. The lowest BCUT2D eigenvalue weighted by atomic mass is 9.81. The highest BCUT2D eigenvalue weighted by Crippen LogP contribution is 2.32. The Balaban J connectivity index is 2.81. The molecule has 1 aliphatic heterocycles. The summed E-state index contributed by atoms with van der Waals surface area (Å²) in [7, 11) is 3.49. The van der Waals surface area contributed by atoms with Crippen LogP contribution in [0.4, 0.5) is 0 Å². The van der Waals surface area contributed by atoms with E-state index in [-0.39, 0.29) is 18.2 Å². The van der Waals surface area contributed by atoms with Crippen LogP contribution in [0.25, 0.3) is 0 Å². The minimum absolute atomic E-state index is 0.0164. The molecule has 0 aliphatic carbocycles. The largest absolute Gasteiger partial charge is 0.342 e. The number of rotatable bonds is 7. The average Bonchev–Trinajstić information content (AvgIpc) is 2.88. The number of nitrogens with one attached hydrogen (secondary N) is 1. The van der Waals surface area contributed by atoms with Gasteiger partial charge in [0, 0.05) is 40.2 Å². The lowest BCUT2D eigenvalue weighted by Gasteiger charge is -2.32. The first-order valence-electron chi connectivity index (χ1n) is 6.89. The molecule has 0 aromatic heterocycles. The molecule has 1 unspecified atom stereocenters. The van der Waals surface area contributed by atoms with Gasteiger partial charge in [0.1, 0.15) is 0 Å². The Labute approximate surface area is 121 Å². The maximum atomic E-state index is 12.6. The van der Waals surface area contributed by atoms with E-state index in [1.54, 1.807) is 36.0 Å². The van der Waals surface area contributed by atoms with Gasteiger partial charge < -0.3 is 15.1 Å². The second kappa shape index (κ2) is 7.24. The molecule has 20 heavy (non-hydrogen) atoms. The fourth-order valence-corrected chi connectivity index (χ4v) is 2.55. The van der Waals surface area contributed by atoms with Gasteiger partial charge in [0.25, 0.3) is 0 Å². The molecular weight excluding hydrogens is 254 g/mol. The van der Waals surface area contributed by atoms with E-state index in [0.29, 0.717) is 26.1 Å². The van der Waals surface area contributed by atoms with E-state index >= 15 is 0 Å². The van der Waals surface area contributed by atoms with Gasteiger partial charge in [-0.3, -0.25) is 9.59 Å². The van der Waals surface area contributed by atoms with E-state index in [1.165, 1.54) is 0 Å². The van der Waals surface area contributed by atoms with Crippen LogP contribution >= 0.6 is 0 Å². The van der Waals surface area contributed by atoms with Crippen molar-refractivity contribution in [1.29, 1.82) is 0 Å². The zero-order chi connectivity index (χ0) is 15.2. The van der Waals surface area contributed by atoms with E-state index in [0.717, 1.165) is 6.54 Å². The van der Waals surface area contributed by atoms with E-state index in [1.807, 2.05) is 0 Å². The summed E-state index contributed by atoms with van der Waals surface area (Å²) in [5.74, 6) is -0.00305. The van der Waals surface area contributed by atoms with Crippen LogP contribution in [0.2, 0.25) is 0 Å². The molecule has 0 bridgehead atoms. The van der Waals surface area contributed by atoms with E-state index < -0.39 is 5.41 Å². The molecule has 2 amide bonds. The molecule has 1 aliphatic rings. The van der Waals surface area contributed by atoms with Crippen molar-refractivity contribution in [3.63, 3.8) is 0 Å². The first-order valence-corrected chi connectivity index (χ1v) is 6.89. The highest BCUT2D eigenvalue weighted by molar-refractivity contribution is 5.89. The van der Waals surface area contributed by atoms with Crippen molar-refractivity contribution in [2.24, 2.45) is 5.41 Å². The monoisotopic (exact) mass is 279 g/mol. The van der Waals surface area contributed by atoms with E-state index in [4.69, 9.17) is 0 Å². The van der Waals surface area contributed by atoms with Crippen molar-refractivity contribution in [1.82, 2.24) is 15.1 Å². The number of carbonyl (C=O) groups excluding carboxylic acids is 2. The van der Waals surface area contributed by atoms with Crippen molar-refractivity contribution in [2.45, 2.75) is 12.8 Å². The van der Waals surface area contributed by atoms with Crippen LogP contribution in [-0.4, -0.2) is 61.9 Å². The second-order valence-corrected chi connectivity index (χ2v) is 5.42. The molecule has 5 heteroatoms. The average molecular weight is 279 g/mol. The van der Waals surface area contributed by atoms with Gasteiger partial charge in [-0.25, -0.2) is 0 Å². The first kappa shape index (κ1) is 16.4. The van der Waals surface area contributed by atoms with Gasteiger partial charge in [0.15, 0.2) is 0 Å². The predicted octanol–water partition coefficient (Wildman–Crippen LogP) is 0.645. The molecule has 0 radical (unpaired) electrons. The molecule has 1 heterocycles. The summed E-state index contributed by atoms with van der Waals surface area (Å²) in [5, 5.41) is 3.20. The highest BCUT2D eigenvalue weighted by atomic mass is 16.2. The standard InChI is InChI=1S/C15H25N3O2/c1-5-9-17(3)13(19)11-15(7-8-16-12-15)14(20)18(4)10-6-2/h5-6,16H,1-2,7-12H2,3-4H3. The molecule has 0 saturated carbocycles. The van der Waals surface area contributed by atoms with E-state index in [9.17, 15) is 9.59 Å². The summed E-state index contributed by atoms with van der Waals surface area (Å²) < 4.78 is 0. The highest BCUT2D eigenvalue weighted by Gasteiger charge is 2.44. The van der Waals surface area contributed by atoms with Gasteiger partial charge in [-0.15, -0.1) is 13.2 Å². The van der Waals surface area contributed by atoms with Crippen molar-refractivity contribution in [3.05, 3.63) is 25.3 Å². The third-order valence-electron chi connectivity index (χ3n) is 3.77. The molecule has 1 saturated heterocycles. The van der Waals surface area contributed by atoms with Crippen LogP contribution in [0.5, 0.6) is 0 Å². The van der Waals surface area contributed by atoms with Crippen LogP contribution in [0.15, 0.2) is 25.3 Å². The first-order chi connectivity index (χ1) is 9.46. The predicted molar refractivity (Wildman–Crippen MR) is 80.2 cm³/mol. The summed E-state index contributed by atoms with van der Waals surface area (Å²) in [6, 6.07) is 0. The topological polar surface area (TPSA) is 52.7 Å². The Morgan fingerprint density at radius 1 is 1.20 bits per heavy atom. The zero-order valence-corrected chi connectivity index (χ0v) is 12.5. The molecule has 0 aromatic carbocycles. The number of carbonyl (C=O) groups is 2. The maximum absolute atomic E-state index is 12.6. The Hall–Kier alpha value is -1.62. The molecule has 1 atom stereocenters. The normalized spacial score (nSPS) is 21.3. The SMILES string of the molecule is C=CCN(C)C(=O)CC1(C(=O)N(C)CC=C)CCNC1. The van der Waals surface area contributed by atoms with Crippen LogP contribution in [-0.2, 0) is 9.59 Å². The van der Waals surface area contributed by atoms with Crippen LogP contribution in [0.1, 0.15) is 12.8 Å². The zero-order valence-electron chi connectivity index (χ0n) is 12.5. The molecule has 112 valence electrons. The van der Waals surface area contributed by atoms with Crippen LogP contribution in [0.3, 0.4) is 0 Å². The van der Waals surface area contributed by atoms with Gasteiger partial charge in [-0.1, -0.05) is 12.2 Å². The van der Waals surface area contributed by atoms with Crippen molar-refractivity contribution < 1.29 is 9.59 Å². The summed E-state index contributed by atoms with van der Waals surface area (Å²) in [4.78, 5) is 28.1. The Morgan fingerprint density at radius 2 is 1.80 bits per heavy atom. The number of amides is 2. The van der Waals surface area contributed by atoms with E-state index in [2.05, 4.69) is 18.5 Å². The smallest absolute Gasteiger partial charge is 0.230 e. The molecule has 1 rings (SSSR count). The third-order valence-corrected chi connectivity index (χ3v) is 3.77. The lowest BCUT2D eigenvalue weighted by Crippen LogP contribution is -2.46. The Morgan fingerprint density at radius 3 is 2.30 bits per heavy atom. The Bertz CT molecular complexity index is 387. The van der Waals surface area contributed by atoms with Crippen LogP contribution < -0.4 is 5.32 Å². The number of hydrogen-bond acceptors (Lipinski definition) is 3. The number of likely N-dealkylation sites (N-methyl/N-ethyl adjacent to an activating group) is 2. The van der Waals surface area contributed by atoms with Gasteiger partial charge in [0.05, 0.1) is 5.41 Å². The van der Waals surface area contributed by atoms with Gasteiger partial charge in [0.2, 0.25) is 11.8 Å². The molecule has 0 aromatic rings. The summed E-state index contributed by atoms with van der Waals surface area (Å²) in [6.45, 7) is 9.60. The molecular formula is C15H25N3O2. The lowest BCUT2D eigenvalue weighted by molar-refractivity contribution is -0.145. The van der Waals surface area contributed by atoms with Gasteiger partial charge in [-0.05, 0) is 13.0 Å². The number of nitrogens with zero attached hydrogens (tertiary/aromatic N) is 2.